The predicted molar refractivity (Wildman–Crippen MR) is 91.3 cm³/mol. The van der Waals surface area contributed by atoms with Crippen LogP contribution >= 0.6 is 23.1 Å². The van der Waals surface area contributed by atoms with Crippen molar-refractivity contribution in [2.75, 3.05) is 11.9 Å². The Hall–Kier alpha value is -1.79. The van der Waals surface area contributed by atoms with Crippen molar-refractivity contribution in [2.45, 2.75) is 36.7 Å². The molecule has 2 heterocycles. The van der Waals surface area contributed by atoms with Crippen LogP contribution in [-0.4, -0.2) is 47.4 Å². The molecule has 1 fully saturated rings. The molecule has 1 saturated heterocycles. The lowest BCUT2D eigenvalue weighted by Gasteiger charge is -2.20. The molecule has 1 aliphatic heterocycles. The van der Waals surface area contributed by atoms with Crippen molar-refractivity contribution >= 4 is 46.0 Å². The summed E-state index contributed by atoms with van der Waals surface area (Å²) in [5, 5.41) is 6.21. The van der Waals surface area contributed by atoms with E-state index in [1.807, 2.05) is 5.32 Å². The summed E-state index contributed by atoms with van der Waals surface area (Å²) in [5.41, 5.74) is -0.0380. The number of hydrogen-bond donors (Lipinski definition) is 3. The Balaban J connectivity index is 2.09. The van der Waals surface area contributed by atoms with Gasteiger partial charge in [0.25, 0.3) is 5.91 Å². The summed E-state index contributed by atoms with van der Waals surface area (Å²) in [6.07, 6.45) is -5.54. The largest absolute Gasteiger partial charge is 0.450 e. The topological polar surface area (TPSA) is 96.5 Å². The molecule has 0 radical (unpaired) electrons. The van der Waals surface area contributed by atoms with Gasteiger partial charge in [0.1, 0.15) is 16.3 Å². The number of carbonyl (C=O) groups excluding carboxylic acids is 3. The minimum Gasteiger partial charge on any atom is -0.450 e. The first-order valence-electron chi connectivity index (χ1n) is 7.48. The van der Waals surface area contributed by atoms with E-state index in [0.717, 1.165) is 23.1 Å². The van der Waals surface area contributed by atoms with Crippen molar-refractivity contribution in [3.8, 4) is 0 Å². The first-order chi connectivity index (χ1) is 12.1. The number of thioether (sulfide) groups is 1. The molecule has 1 aliphatic rings. The molecule has 12 heteroatoms. The highest BCUT2D eigenvalue weighted by Crippen LogP contribution is 2.37. The average molecular weight is 411 g/mol. The summed E-state index contributed by atoms with van der Waals surface area (Å²) in [4.78, 5) is 35.7. The Morgan fingerprint density at radius 3 is 2.65 bits per heavy atom. The average Bonchev–Trinajstić information content (AvgIpc) is 3.13. The molecule has 7 nitrogen and oxygen atoms in total. The lowest BCUT2D eigenvalue weighted by atomic mass is 10.1. The molecule has 0 spiro atoms. The third-order valence-electron chi connectivity index (χ3n) is 3.32. The number of amides is 3. The molecule has 2 rings (SSSR count). The molecule has 3 atom stereocenters. The van der Waals surface area contributed by atoms with Crippen LogP contribution in [0.15, 0.2) is 11.4 Å². The summed E-state index contributed by atoms with van der Waals surface area (Å²) in [6.45, 7) is 3.15. The SMILES string of the molecule is CCOC(=O)NC(=O)c1ccsc1NC(=O)C1SC(C)NC1C(F)(F)F. The van der Waals surface area contributed by atoms with E-state index in [-0.39, 0.29) is 17.2 Å². The lowest BCUT2D eigenvalue weighted by molar-refractivity contribution is -0.157. The second kappa shape index (κ2) is 8.27. The zero-order valence-electron chi connectivity index (χ0n) is 13.7. The van der Waals surface area contributed by atoms with Crippen LogP contribution in [-0.2, 0) is 9.53 Å². The first-order valence-corrected chi connectivity index (χ1v) is 9.30. The highest BCUT2D eigenvalue weighted by molar-refractivity contribution is 8.01. The molecule has 1 aromatic rings. The van der Waals surface area contributed by atoms with Gasteiger partial charge in [-0.3, -0.25) is 20.2 Å². The normalized spacial score (nSPS) is 22.7. The lowest BCUT2D eigenvalue weighted by Crippen LogP contribution is -2.49. The highest BCUT2D eigenvalue weighted by Gasteiger charge is 2.52. The Labute approximate surface area is 155 Å². The van der Waals surface area contributed by atoms with Crippen molar-refractivity contribution in [2.24, 2.45) is 0 Å². The maximum atomic E-state index is 13.1. The summed E-state index contributed by atoms with van der Waals surface area (Å²) in [6, 6.07) is -0.641. The molecule has 0 saturated carbocycles. The van der Waals surface area contributed by atoms with Crippen molar-refractivity contribution < 1.29 is 32.3 Å². The van der Waals surface area contributed by atoms with Gasteiger partial charge in [-0.05, 0) is 25.3 Å². The summed E-state index contributed by atoms with van der Waals surface area (Å²) in [5.74, 6) is -1.69. The number of carbonyl (C=O) groups is 3. The number of alkyl halides is 3. The van der Waals surface area contributed by atoms with Crippen LogP contribution in [0.2, 0.25) is 0 Å². The fourth-order valence-corrected chi connectivity index (χ4v) is 4.28. The molecule has 0 bridgehead atoms. The van der Waals surface area contributed by atoms with Crippen LogP contribution in [0.25, 0.3) is 0 Å². The highest BCUT2D eigenvalue weighted by atomic mass is 32.2. The van der Waals surface area contributed by atoms with Crippen LogP contribution < -0.4 is 16.0 Å². The number of halogens is 3. The molecule has 1 aromatic heterocycles. The van der Waals surface area contributed by atoms with Crippen LogP contribution in [0.5, 0.6) is 0 Å². The zero-order chi connectivity index (χ0) is 19.5. The van der Waals surface area contributed by atoms with E-state index in [1.165, 1.54) is 18.4 Å². The molecule has 144 valence electrons. The first kappa shape index (κ1) is 20.5. The Morgan fingerprint density at radius 2 is 2.04 bits per heavy atom. The third kappa shape index (κ3) is 4.89. The van der Waals surface area contributed by atoms with E-state index in [9.17, 15) is 27.6 Å². The smallest absolute Gasteiger partial charge is 0.414 e. The van der Waals surface area contributed by atoms with Crippen molar-refractivity contribution in [1.29, 1.82) is 0 Å². The number of anilines is 1. The fraction of sp³-hybridized carbons (Fsp3) is 0.500. The van der Waals surface area contributed by atoms with Gasteiger partial charge in [-0.25, -0.2) is 4.79 Å². The van der Waals surface area contributed by atoms with E-state index < -0.39 is 40.7 Å². The number of imide groups is 1. The van der Waals surface area contributed by atoms with Gasteiger partial charge in [-0.1, -0.05) is 0 Å². The van der Waals surface area contributed by atoms with E-state index in [4.69, 9.17) is 0 Å². The van der Waals surface area contributed by atoms with E-state index >= 15 is 0 Å². The maximum Gasteiger partial charge on any atom is 0.414 e. The van der Waals surface area contributed by atoms with Gasteiger partial charge in [0.2, 0.25) is 5.91 Å². The second-order valence-electron chi connectivity index (χ2n) is 5.21. The molecule has 26 heavy (non-hydrogen) atoms. The maximum absolute atomic E-state index is 13.1. The molecule has 3 unspecified atom stereocenters. The monoisotopic (exact) mass is 411 g/mol. The van der Waals surface area contributed by atoms with Crippen LogP contribution in [0.1, 0.15) is 24.2 Å². The minimum atomic E-state index is -4.58. The molecular weight excluding hydrogens is 395 g/mol. The number of alkyl carbamates (subject to hydrolysis) is 1. The Kier molecular flexibility index (Phi) is 6.53. The molecular formula is C14H16F3N3O4S2. The predicted octanol–water partition coefficient (Wildman–Crippen LogP) is 2.55. The van der Waals surface area contributed by atoms with Crippen molar-refractivity contribution in [3.63, 3.8) is 0 Å². The number of thiophene rings is 1. The minimum absolute atomic E-state index is 0.0380. The molecule has 3 amide bonds. The van der Waals surface area contributed by atoms with E-state index in [2.05, 4.69) is 15.4 Å². The van der Waals surface area contributed by atoms with Crippen LogP contribution in [0, 0.1) is 0 Å². The summed E-state index contributed by atoms with van der Waals surface area (Å²) < 4.78 is 43.8. The summed E-state index contributed by atoms with van der Waals surface area (Å²) in [7, 11) is 0. The number of nitrogens with one attached hydrogen (secondary N) is 3. The number of rotatable bonds is 4. The number of hydrogen-bond acceptors (Lipinski definition) is 7. The van der Waals surface area contributed by atoms with Gasteiger partial charge in [0, 0.05) is 0 Å². The standard InChI is InChI=1S/C14H16F3N3O4S2/c1-3-24-13(23)20-10(21)7-4-5-25-12(7)19-11(22)8-9(14(15,16)17)18-6(2)26-8/h4-6,8-9,18H,3H2,1-2H3,(H,19,22)(H,20,21,23). The molecule has 0 aliphatic carbocycles. The number of ether oxygens (including phenoxy) is 1. The van der Waals surface area contributed by atoms with Gasteiger partial charge < -0.3 is 10.1 Å². The second-order valence-corrected chi connectivity index (χ2v) is 7.62. The van der Waals surface area contributed by atoms with Gasteiger partial charge in [-0.2, -0.15) is 13.2 Å². The van der Waals surface area contributed by atoms with Crippen LogP contribution in [0.4, 0.5) is 23.0 Å². The van der Waals surface area contributed by atoms with E-state index in [1.54, 1.807) is 6.92 Å². The third-order valence-corrected chi connectivity index (χ3v) is 5.47. The van der Waals surface area contributed by atoms with Crippen LogP contribution in [0.3, 0.4) is 0 Å². The fourth-order valence-electron chi connectivity index (χ4n) is 2.25. The summed E-state index contributed by atoms with van der Waals surface area (Å²) >= 11 is 1.81. The van der Waals surface area contributed by atoms with Crippen molar-refractivity contribution in [1.82, 2.24) is 10.6 Å². The van der Waals surface area contributed by atoms with Gasteiger partial charge >= 0.3 is 12.3 Å². The Morgan fingerprint density at radius 1 is 1.35 bits per heavy atom. The van der Waals surface area contributed by atoms with E-state index in [0.29, 0.717) is 0 Å². The van der Waals surface area contributed by atoms with Gasteiger partial charge in [0.05, 0.1) is 17.5 Å². The van der Waals surface area contributed by atoms with Crippen molar-refractivity contribution in [3.05, 3.63) is 17.0 Å². The van der Waals surface area contributed by atoms with Gasteiger partial charge in [-0.15, -0.1) is 23.1 Å². The zero-order valence-corrected chi connectivity index (χ0v) is 15.3. The Bertz CT molecular complexity index is 695. The molecule has 0 aromatic carbocycles. The molecule has 3 N–H and O–H groups in total. The van der Waals surface area contributed by atoms with Gasteiger partial charge in [0.15, 0.2) is 0 Å². The quantitative estimate of drug-likeness (QED) is 0.705.